The average molecular weight is 865 g/mol. The number of hydrogen-bond acceptors (Lipinski definition) is 1. The normalized spacial score (nSPS) is 11.8. The number of fused-ring (bicyclic) bond motifs is 14. The van der Waals surface area contributed by atoms with Gasteiger partial charge >= 0.3 is 0 Å². The summed E-state index contributed by atoms with van der Waals surface area (Å²) in [6, 6.07) is 79.4. The van der Waals surface area contributed by atoms with E-state index in [1.807, 2.05) is 18.2 Å². The Morgan fingerprint density at radius 1 is 0.382 bits per heavy atom. The molecule has 14 rings (SSSR count). The van der Waals surface area contributed by atoms with Crippen LogP contribution in [-0.4, -0.2) is 18.3 Å². The number of hydrogen-bond donors (Lipinski definition) is 0. The van der Waals surface area contributed by atoms with E-state index in [0.717, 1.165) is 121 Å². The number of benzene rings is 10. The second kappa shape index (κ2) is 14.4. The SMILES string of the molecule is [C-]#[N+]c1cccc(-c2ccc(-n3c4ccccc4c4ccc5c(c6ccccc6n5-c5ccccc5)c43)c(C#N)c2-n2c3ccccc3c3ccc4c(c5ccccc5n4-c4ccccc4)c32)c1. The molecule has 0 aliphatic carbocycles. The molecule has 6 heteroatoms. The van der Waals surface area contributed by atoms with Gasteiger partial charge in [-0.25, -0.2) is 4.85 Å². The minimum atomic E-state index is 0.522. The van der Waals surface area contributed by atoms with Gasteiger partial charge < -0.3 is 18.3 Å². The molecule has 6 nitrogen and oxygen atoms in total. The molecule has 0 bridgehead atoms. The van der Waals surface area contributed by atoms with Crippen molar-refractivity contribution in [1.29, 1.82) is 5.26 Å². The van der Waals surface area contributed by atoms with Gasteiger partial charge in [-0.15, -0.1) is 0 Å². The van der Waals surface area contributed by atoms with Gasteiger partial charge in [0.05, 0.1) is 62.1 Å². The Morgan fingerprint density at radius 2 is 0.853 bits per heavy atom. The molecule has 0 spiro atoms. The Balaban J connectivity index is 1.19. The molecule has 0 aliphatic rings. The van der Waals surface area contributed by atoms with E-state index in [-0.39, 0.29) is 0 Å². The Labute approximate surface area is 390 Å². The summed E-state index contributed by atoms with van der Waals surface area (Å²) in [6.07, 6.45) is 0. The van der Waals surface area contributed by atoms with E-state index in [1.54, 1.807) is 0 Å². The molecule has 314 valence electrons. The molecular formula is C62H36N6. The summed E-state index contributed by atoms with van der Waals surface area (Å²) >= 11 is 0. The second-order valence-electron chi connectivity index (χ2n) is 17.4. The first-order valence-electron chi connectivity index (χ1n) is 22.8. The van der Waals surface area contributed by atoms with Crippen molar-refractivity contribution in [3.8, 4) is 39.9 Å². The monoisotopic (exact) mass is 864 g/mol. The first-order valence-corrected chi connectivity index (χ1v) is 22.8. The highest BCUT2D eigenvalue weighted by Gasteiger charge is 2.28. The lowest BCUT2D eigenvalue weighted by Gasteiger charge is -2.20. The summed E-state index contributed by atoms with van der Waals surface area (Å²) in [5.74, 6) is 0. The van der Waals surface area contributed by atoms with Crippen molar-refractivity contribution >= 4 is 92.9 Å². The molecule has 0 unspecified atom stereocenters. The fourth-order valence-corrected chi connectivity index (χ4v) is 11.3. The van der Waals surface area contributed by atoms with Gasteiger partial charge in [0.2, 0.25) is 0 Å². The third-order valence-corrected chi connectivity index (χ3v) is 14.0. The number of aromatic nitrogens is 4. The number of rotatable bonds is 5. The Kier molecular flexibility index (Phi) is 8.01. The fraction of sp³-hybridized carbons (Fsp3) is 0. The van der Waals surface area contributed by atoms with Crippen LogP contribution >= 0.6 is 0 Å². The number of para-hydroxylation sites is 6. The van der Waals surface area contributed by atoms with Crippen LogP contribution in [0.25, 0.3) is 126 Å². The van der Waals surface area contributed by atoms with Gasteiger partial charge in [-0.1, -0.05) is 146 Å². The molecule has 14 aromatic rings. The molecule has 0 atom stereocenters. The van der Waals surface area contributed by atoms with Crippen LogP contribution in [-0.2, 0) is 0 Å². The largest absolute Gasteiger partial charge is 0.309 e. The van der Waals surface area contributed by atoms with Crippen LogP contribution in [0.3, 0.4) is 0 Å². The average Bonchev–Trinajstić information content (AvgIpc) is 4.13. The van der Waals surface area contributed by atoms with Crippen LogP contribution in [0, 0.1) is 17.9 Å². The predicted octanol–water partition coefficient (Wildman–Crippen LogP) is 16.2. The standard InChI is InChI=1S/C62H36N6/c1-64-40-18-16-17-39(37-40)43-31-34-55(67-51-27-12-8-23-44(51)46-32-35-56-58(61(46)67)48-25-10-14-29-53(48)65(56)41-19-4-2-5-20-41)50(38-63)60(43)68-52-28-13-9-24-45(52)47-33-36-57-59(62(47)68)49-26-11-15-30-54(49)66(57)42-21-6-3-7-22-42/h2-37H. The van der Waals surface area contributed by atoms with Crippen molar-refractivity contribution in [2.24, 2.45) is 0 Å². The van der Waals surface area contributed by atoms with Gasteiger partial charge in [0.1, 0.15) is 11.6 Å². The zero-order valence-electron chi connectivity index (χ0n) is 36.5. The van der Waals surface area contributed by atoms with E-state index in [1.165, 1.54) is 0 Å². The van der Waals surface area contributed by atoms with Gasteiger partial charge in [-0.05, 0) is 78.4 Å². The second-order valence-corrected chi connectivity index (χ2v) is 17.4. The van der Waals surface area contributed by atoms with Crippen molar-refractivity contribution < 1.29 is 0 Å². The molecule has 68 heavy (non-hydrogen) atoms. The maximum absolute atomic E-state index is 12.1. The lowest BCUT2D eigenvalue weighted by Crippen LogP contribution is -2.06. The number of nitriles is 1. The quantitative estimate of drug-likeness (QED) is 0.159. The molecular weight excluding hydrogens is 829 g/mol. The van der Waals surface area contributed by atoms with E-state index in [0.29, 0.717) is 11.3 Å². The highest BCUT2D eigenvalue weighted by atomic mass is 15.0. The maximum Gasteiger partial charge on any atom is 0.187 e. The van der Waals surface area contributed by atoms with Crippen LogP contribution in [0.5, 0.6) is 0 Å². The Hall–Kier alpha value is -9.62. The topological polar surface area (TPSA) is 47.9 Å². The van der Waals surface area contributed by atoms with E-state index >= 15 is 0 Å². The zero-order chi connectivity index (χ0) is 45.0. The molecule has 0 saturated heterocycles. The van der Waals surface area contributed by atoms with E-state index in [9.17, 15) is 5.26 Å². The zero-order valence-corrected chi connectivity index (χ0v) is 36.5. The summed E-state index contributed by atoms with van der Waals surface area (Å²) < 4.78 is 9.39. The molecule has 0 radical (unpaired) electrons. The molecule has 0 aliphatic heterocycles. The van der Waals surface area contributed by atoms with Gasteiger partial charge in [0.25, 0.3) is 0 Å². The first kappa shape index (κ1) is 37.7. The maximum atomic E-state index is 12.1. The van der Waals surface area contributed by atoms with Crippen molar-refractivity contribution in [1.82, 2.24) is 18.3 Å². The van der Waals surface area contributed by atoms with Crippen LogP contribution in [0.1, 0.15) is 5.56 Å². The molecule has 4 aromatic heterocycles. The minimum absolute atomic E-state index is 0.522. The van der Waals surface area contributed by atoms with Crippen LogP contribution in [0.4, 0.5) is 5.69 Å². The molecule has 4 heterocycles. The summed E-state index contributed by atoms with van der Waals surface area (Å²) in [6.45, 7) is 8.05. The van der Waals surface area contributed by atoms with Crippen LogP contribution in [0.15, 0.2) is 218 Å². The Bertz CT molecular complexity index is 4510. The lowest BCUT2D eigenvalue weighted by molar-refractivity contribution is 1.12. The lowest BCUT2D eigenvalue weighted by atomic mass is 9.97. The van der Waals surface area contributed by atoms with Crippen molar-refractivity contribution in [3.63, 3.8) is 0 Å². The van der Waals surface area contributed by atoms with Crippen molar-refractivity contribution in [2.45, 2.75) is 0 Å². The van der Waals surface area contributed by atoms with Gasteiger partial charge in [0.15, 0.2) is 5.69 Å². The van der Waals surface area contributed by atoms with Crippen molar-refractivity contribution in [3.05, 3.63) is 235 Å². The van der Waals surface area contributed by atoms with Gasteiger partial charge in [0, 0.05) is 60.0 Å². The summed E-state index contributed by atoms with van der Waals surface area (Å²) in [4.78, 5) is 3.87. The highest BCUT2D eigenvalue weighted by Crippen LogP contribution is 2.47. The molecule has 0 amide bonds. The Morgan fingerprint density at radius 3 is 1.38 bits per heavy atom. The van der Waals surface area contributed by atoms with E-state index in [2.05, 4.69) is 229 Å². The third-order valence-electron chi connectivity index (χ3n) is 14.0. The van der Waals surface area contributed by atoms with E-state index < -0.39 is 0 Å². The summed E-state index contributed by atoms with van der Waals surface area (Å²) in [5.41, 5.74) is 14.9. The van der Waals surface area contributed by atoms with Crippen LogP contribution in [0.2, 0.25) is 0 Å². The van der Waals surface area contributed by atoms with E-state index in [4.69, 9.17) is 6.57 Å². The highest BCUT2D eigenvalue weighted by molar-refractivity contribution is 6.28. The summed E-state index contributed by atoms with van der Waals surface area (Å²) in [5, 5.41) is 20.9. The molecule has 0 saturated carbocycles. The fourth-order valence-electron chi connectivity index (χ4n) is 11.3. The molecule has 0 fully saturated rings. The minimum Gasteiger partial charge on any atom is -0.309 e. The first-order chi connectivity index (χ1) is 33.7. The summed E-state index contributed by atoms with van der Waals surface area (Å²) in [7, 11) is 0. The van der Waals surface area contributed by atoms with Gasteiger partial charge in [-0.2, -0.15) is 5.26 Å². The predicted molar refractivity (Wildman–Crippen MR) is 280 cm³/mol. The number of nitrogens with zero attached hydrogens (tertiary/aromatic N) is 6. The molecule has 10 aromatic carbocycles. The third kappa shape index (κ3) is 5.14. The molecule has 0 N–H and O–H groups in total. The van der Waals surface area contributed by atoms with Crippen molar-refractivity contribution in [2.75, 3.05) is 0 Å². The van der Waals surface area contributed by atoms with Crippen LogP contribution < -0.4 is 0 Å². The smallest absolute Gasteiger partial charge is 0.187 e. The van der Waals surface area contributed by atoms with Gasteiger partial charge in [-0.3, -0.25) is 0 Å².